The largest absolute Gasteiger partial charge is 0.379 e. The Morgan fingerprint density at radius 1 is 1.11 bits per heavy atom. The molecule has 0 saturated carbocycles. The molecule has 3 heterocycles. The van der Waals surface area contributed by atoms with Gasteiger partial charge in [-0.15, -0.1) is 0 Å². The summed E-state index contributed by atoms with van der Waals surface area (Å²) in [5.74, 6) is 1.11. The third kappa shape index (κ3) is 1.36. The van der Waals surface area contributed by atoms with Gasteiger partial charge in [0.1, 0.15) is 11.3 Å². The summed E-state index contributed by atoms with van der Waals surface area (Å²) >= 11 is 0. The monoisotopic (exact) mass is 239 g/mol. The number of rotatable bonds is 0. The summed E-state index contributed by atoms with van der Waals surface area (Å²) in [6.45, 7) is 2.39. The van der Waals surface area contributed by atoms with E-state index >= 15 is 0 Å². The molecular weight excluding hydrogens is 226 g/mol. The van der Waals surface area contributed by atoms with Gasteiger partial charge >= 0.3 is 0 Å². The van der Waals surface area contributed by atoms with E-state index in [4.69, 9.17) is 4.74 Å². The van der Waals surface area contributed by atoms with Crippen molar-refractivity contribution in [2.45, 2.75) is 13.0 Å². The lowest BCUT2D eigenvalue weighted by Gasteiger charge is -2.05. The summed E-state index contributed by atoms with van der Waals surface area (Å²) in [6, 6.07) is 8.23. The molecule has 0 radical (unpaired) electrons. The molecule has 0 bridgehead atoms. The number of hydrogen-bond acceptors (Lipinski definition) is 3. The smallest absolute Gasteiger partial charge is 0.112 e. The van der Waals surface area contributed by atoms with Crippen LogP contribution in [-0.4, -0.2) is 27.7 Å². The van der Waals surface area contributed by atoms with E-state index < -0.39 is 0 Å². The van der Waals surface area contributed by atoms with Crippen LogP contribution in [0.3, 0.4) is 0 Å². The lowest BCUT2D eigenvalue weighted by molar-refractivity contribution is 0.141. The molecule has 1 aliphatic rings. The average molecular weight is 239 g/mol. The number of fused-ring (bicyclic) bond motifs is 5. The maximum atomic E-state index is 5.52. The first-order chi connectivity index (χ1) is 8.93. The Bertz CT molecular complexity index is 732. The van der Waals surface area contributed by atoms with E-state index in [1.165, 1.54) is 10.9 Å². The van der Waals surface area contributed by atoms with Crippen molar-refractivity contribution in [3.63, 3.8) is 0 Å². The third-order valence-electron chi connectivity index (χ3n) is 3.49. The molecule has 4 heteroatoms. The number of pyridine rings is 1. The van der Waals surface area contributed by atoms with E-state index in [1.807, 2.05) is 18.3 Å². The second-order valence-corrected chi connectivity index (χ2v) is 4.55. The van der Waals surface area contributed by atoms with Crippen LogP contribution < -0.4 is 0 Å². The first-order valence-corrected chi connectivity index (χ1v) is 6.24. The van der Waals surface area contributed by atoms with E-state index in [-0.39, 0.29) is 0 Å². The molecule has 90 valence electrons. The van der Waals surface area contributed by atoms with Gasteiger partial charge in [-0.2, -0.15) is 0 Å². The fraction of sp³-hybridized carbons (Fsp3) is 0.286. The summed E-state index contributed by atoms with van der Waals surface area (Å²) in [7, 11) is 0. The zero-order valence-electron chi connectivity index (χ0n) is 9.97. The third-order valence-corrected chi connectivity index (χ3v) is 3.49. The second-order valence-electron chi connectivity index (χ2n) is 4.55. The molecule has 1 aliphatic heterocycles. The van der Waals surface area contributed by atoms with E-state index in [1.54, 1.807) is 0 Å². The molecule has 1 aromatic carbocycles. The molecule has 2 aromatic heterocycles. The highest BCUT2D eigenvalue weighted by atomic mass is 16.5. The van der Waals surface area contributed by atoms with Crippen LogP contribution >= 0.6 is 0 Å². The second kappa shape index (κ2) is 3.78. The van der Waals surface area contributed by atoms with Crippen LogP contribution in [0.2, 0.25) is 0 Å². The van der Waals surface area contributed by atoms with Crippen LogP contribution in [0, 0.1) is 0 Å². The Kier molecular flexibility index (Phi) is 2.11. The Balaban J connectivity index is 2.13. The highest BCUT2D eigenvalue weighted by Gasteiger charge is 2.15. The van der Waals surface area contributed by atoms with E-state index in [2.05, 4.69) is 26.7 Å². The molecule has 4 rings (SSSR count). The zero-order valence-corrected chi connectivity index (χ0v) is 9.97. The summed E-state index contributed by atoms with van der Waals surface area (Å²) in [5.41, 5.74) is 3.21. The average Bonchev–Trinajstić information content (AvgIpc) is 2.61. The van der Waals surface area contributed by atoms with Crippen molar-refractivity contribution < 1.29 is 4.74 Å². The van der Waals surface area contributed by atoms with Crippen LogP contribution in [-0.2, 0) is 17.7 Å². The summed E-state index contributed by atoms with van der Waals surface area (Å²) in [6.07, 6.45) is 2.75. The molecule has 0 N–H and O–H groups in total. The normalized spacial score (nSPS) is 15.8. The van der Waals surface area contributed by atoms with Crippen LogP contribution in [0.1, 0.15) is 5.82 Å². The van der Waals surface area contributed by atoms with Crippen molar-refractivity contribution >= 4 is 21.9 Å². The van der Waals surface area contributed by atoms with Gasteiger partial charge in [0, 0.05) is 18.4 Å². The summed E-state index contributed by atoms with van der Waals surface area (Å²) in [4.78, 5) is 9.15. The Morgan fingerprint density at radius 2 is 2.06 bits per heavy atom. The number of hydrogen-bond donors (Lipinski definition) is 0. The van der Waals surface area contributed by atoms with E-state index in [0.717, 1.165) is 43.0 Å². The van der Waals surface area contributed by atoms with E-state index in [0.29, 0.717) is 0 Å². The highest BCUT2D eigenvalue weighted by molar-refractivity contribution is 6.02. The quantitative estimate of drug-likeness (QED) is 0.603. The molecule has 0 fully saturated rings. The molecule has 4 nitrogen and oxygen atoms in total. The van der Waals surface area contributed by atoms with Gasteiger partial charge in [-0.05, 0) is 6.07 Å². The van der Waals surface area contributed by atoms with Crippen LogP contribution in [0.4, 0.5) is 0 Å². The molecule has 0 atom stereocenters. The Labute approximate surface area is 104 Å². The fourth-order valence-corrected chi connectivity index (χ4v) is 2.66. The molecule has 0 unspecified atom stereocenters. The van der Waals surface area contributed by atoms with Crippen LogP contribution in [0.25, 0.3) is 21.9 Å². The maximum Gasteiger partial charge on any atom is 0.112 e. The number of aromatic nitrogens is 3. The van der Waals surface area contributed by atoms with Crippen molar-refractivity contribution in [1.82, 2.24) is 14.5 Å². The van der Waals surface area contributed by atoms with Crippen molar-refractivity contribution in [3.05, 3.63) is 36.3 Å². The minimum atomic E-state index is 0.759. The van der Waals surface area contributed by atoms with Crippen LogP contribution in [0.15, 0.2) is 30.5 Å². The number of nitrogens with zero attached hydrogens (tertiary/aromatic N) is 3. The molecular formula is C14H13N3O. The Hall–Kier alpha value is -1.94. The minimum absolute atomic E-state index is 0.759. The van der Waals surface area contributed by atoms with Crippen molar-refractivity contribution in [2.75, 3.05) is 13.2 Å². The number of ether oxygens (including phenoxy) is 1. The van der Waals surface area contributed by atoms with Gasteiger partial charge in [-0.1, -0.05) is 18.2 Å². The summed E-state index contributed by atoms with van der Waals surface area (Å²) < 4.78 is 7.80. The topological polar surface area (TPSA) is 39.9 Å². The van der Waals surface area contributed by atoms with Gasteiger partial charge < -0.3 is 9.30 Å². The number of para-hydroxylation sites is 1. The van der Waals surface area contributed by atoms with Crippen molar-refractivity contribution in [2.24, 2.45) is 0 Å². The predicted octanol–water partition coefficient (Wildman–Crippen LogP) is 2.16. The molecule has 0 spiro atoms. The molecule has 0 amide bonds. The van der Waals surface area contributed by atoms with Crippen molar-refractivity contribution in [1.29, 1.82) is 0 Å². The number of imidazole rings is 1. The number of benzene rings is 1. The van der Waals surface area contributed by atoms with Gasteiger partial charge in [-0.25, -0.2) is 4.98 Å². The minimum Gasteiger partial charge on any atom is -0.379 e. The van der Waals surface area contributed by atoms with Gasteiger partial charge in [0.2, 0.25) is 0 Å². The zero-order chi connectivity index (χ0) is 11.9. The fourth-order valence-electron chi connectivity index (χ4n) is 2.66. The first kappa shape index (κ1) is 10.0. The molecule has 3 aromatic rings. The van der Waals surface area contributed by atoms with Crippen molar-refractivity contribution in [3.8, 4) is 0 Å². The lowest BCUT2D eigenvalue weighted by atomic mass is 10.2. The summed E-state index contributed by atoms with van der Waals surface area (Å²) in [5, 5.41) is 1.18. The molecule has 18 heavy (non-hydrogen) atoms. The van der Waals surface area contributed by atoms with Gasteiger partial charge in [0.05, 0.1) is 30.4 Å². The first-order valence-electron chi connectivity index (χ1n) is 6.24. The van der Waals surface area contributed by atoms with E-state index in [9.17, 15) is 0 Å². The predicted molar refractivity (Wildman–Crippen MR) is 69.6 cm³/mol. The SMILES string of the molecule is c1ccc2c(c1)ncc1nc3n(c12)CCOCC3. The highest BCUT2D eigenvalue weighted by Crippen LogP contribution is 2.25. The lowest BCUT2D eigenvalue weighted by Crippen LogP contribution is -2.03. The van der Waals surface area contributed by atoms with Gasteiger partial charge in [0.25, 0.3) is 0 Å². The maximum absolute atomic E-state index is 5.52. The van der Waals surface area contributed by atoms with Gasteiger partial charge in [-0.3, -0.25) is 4.98 Å². The van der Waals surface area contributed by atoms with Crippen LogP contribution in [0.5, 0.6) is 0 Å². The standard InChI is InChI=1S/C14H13N3O/c1-2-4-11-10(3-1)14-12(9-15-11)16-13-5-7-18-8-6-17(13)14/h1-4,9H,5-8H2. The molecule has 0 saturated heterocycles. The Morgan fingerprint density at radius 3 is 3.06 bits per heavy atom. The molecule has 0 aliphatic carbocycles. The van der Waals surface area contributed by atoms with Gasteiger partial charge in [0.15, 0.2) is 0 Å².